The number of nitrogens with one attached hydrogen (secondary N) is 1. The number of aromatic amines is 1. The number of nitrogens with zero attached hydrogens (tertiary/aromatic N) is 2. The van der Waals surface area contributed by atoms with E-state index >= 15 is 0 Å². The molecule has 0 bridgehead atoms. The number of fused-ring (bicyclic) bond motifs is 1. The summed E-state index contributed by atoms with van der Waals surface area (Å²) in [6.07, 6.45) is 2.86. The number of halogens is 1. The molecule has 2 heterocycles. The molecule has 0 spiro atoms. The van der Waals surface area contributed by atoms with Crippen LogP contribution >= 0.6 is 0 Å². The van der Waals surface area contributed by atoms with Gasteiger partial charge in [-0.1, -0.05) is 26.8 Å². The Morgan fingerprint density at radius 2 is 1.70 bits per heavy atom. The lowest BCUT2D eigenvalue weighted by Crippen LogP contribution is -2.12. The zero-order valence-corrected chi connectivity index (χ0v) is 19.5. The summed E-state index contributed by atoms with van der Waals surface area (Å²) in [6, 6.07) is 12.0. The van der Waals surface area contributed by atoms with Crippen molar-refractivity contribution in [2.45, 2.75) is 33.6 Å². The Kier molecular flexibility index (Phi) is 7.77. The van der Waals surface area contributed by atoms with Gasteiger partial charge in [0.1, 0.15) is 11.6 Å². The minimum atomic E-state index is -0.273. The summed E-state index contributed by atoms with van der Waals surface area (Å²) in [5.41, 5.74) is 3.49. The van der Waals surface area contributed by atoms with E-state index in [1.807, 2.05) is 39.0 Å². The van der Waals surface area contributed by atoms with Crippen LogP contribution in [0.3, 0.4) is 0 Å². The zero-order valence-electron chi connectivity index (χ0n) is 19.5. The normalized spacial score (nSPS) is 10.5. The van der Waals surface area contributed by atoms with Crippen LogP contribution in [-0.2, 0) is 12.8 Å². The molecule has 172 valence electrons. The summed E-state index contributed by atoms with van der Waals surface area (Å²) in [7, 11) is 3.05. The number of aromatic nitrogens is 3. The highest BCUT2D eigenvalue weighted by Gasteiger charge is 2.12. The predicted molar refractivity (Wildman–Crippen MR) is 129 cm³/mol. The molecular weight excluding hydrogens is 421 g/mol. The molecule has 0 aliphatic carbocycles. The molecule has 4 rings (SSSR count). The number of hydrogen-bond acceptors (Lipinski definition) is 5. The molecule has 4 aromatic rings. The SMILES string of the molecule is CC.CCc1cc(F)cc(-c2ccc(Cc3nc4cc(OC)c(OC)cc4c(=O)[nH]3)cn2)c1. The number of rotatable bonds is 6. The van der Waals surface area contributed by atoms with E-state index in [1.165, 1.54) is 26.4 Å². The number of benzene rings is 2. The number of pyridine rings is 1. The molecule has 0 saturated heterocycles. The molecule has 0 unspecified atom stereocenters. The first-order valence-corrected chi connectivity index (χ1v) is 10.9. The fourth-order valence-corrected chi connectivity index (χ4v) is 3.49. The van der Waals surface area contributed by atoms with E-state index in [9.17, 15) is 9.18 Å². The third-order valence-corrected chi connectivity index (χ3v) is 5.12. The van der Waals surface area contributed by atoms with Crippen molar-refractivity contribution in [1.82, 2.24) is 15.0 Å². The average Bonchev–Trinajstić information content (AvgIpc) is 2.84. The molecule has 0 amide bonds. The van der Waals surface area contributed by atoms with Crippen LogP contribution in [0.5, 0.6) is 11.5 Å². The van der Waals surface area contributed by atoms with Gasteiger partial charge in [0.25, 0.3) is 5.56 Å². The van der Waals surface area contributed by atoms with Gasteiger partial charge in [-0.25, -0.2) is 9.37 Å². The standard InChI is InChI=1S/C24H22FN3O3.C2H6/c1-4-14-7-16(10-17(25)8-14)19-6-5-15(13-26-19)9-23-27-20-12-22(31-3)21(30-2)11-18(20)24(29)28-23;1-2/h5-8,10-13H,4,9H2,1-3H3,(H,27,28,29);1-2H3. The van der Waals surface area contributed by atoms with E-state index in [-0.39, 0.29) is 11.4 Å². The first-order valence-electron chi connectivity index (χ1n) is 10.9. The summed E-state index contributed by atoms with van der Waals surface area (Å²) in [5, 5.41) is 0.424. The fraction of sp³-hybridized carbons (Fsp3) is 0.269. The van der Waals surface area contributed by atoms with Gasteiger partial charge in [-0.15, -0.1) is 0 Å². The Balaban J connectivity index is 0.00000149. The lowest BCUT2D eigenvalue weighted by Gasteiger charge is -2.09. The molecule has 2 aromatic heterocycles. The van der Waals surface area contributed by atoms with Crippen LogP contribution in [0.4, 0.5) is 4.39 Å². The minimum Gasteiger partial charge on any atom is -0.493 e. The van der Waals surface area contributed by atoms with Crippen molar-refractivity contribution in [2.24, 2.45) is 0 Å². The highest BCUT2D eigenvalue weighted by molar-refractivity contribution is 5.81. The lowest BCUT2D eigenvalue weighted by atomic mass is 10.0. The molecule has 33 heavy (non-hydrogen) atoms. The lowest BCUT2D eigenvalue weighted by molar-refractivity contribution is 0.355. The molecule has 0 aliphatic rings. The number of aryl methyl sites for hydroxylation is 1. The number of H-pyrrole nitrogens is 1. The third kappa shape index (κ3) is 5.37. The monoisotopic (exact) mass is 449 g/mol. The van der Waals surface area contributed by atoms with Crippen LogP contribution in [0.2, 0.25) is 0 Å². The maximum absolute atomic E-state index is 13.8. The topological polar surface area (TPSA) is 77.1 Å². The van der Waals surface area contributed by atoms with Crippen molar-refractivity contribution in [3.63, 3.8) is 0 Å². The molecule has 0 radical (unpaired) electrons. The Labute approximate surface area is 192 Å². The summed E-state index contributed by atoms with van der Waals surface area (Å²) in [4.78, 5) is 24.4. The van der Waals surface area contributed by atoms with E-state index in [1.54, 1.807) is 18.3 Å². The van der Waals surface area contributed by atoms with Crippen molar-refractivity contribution in [3.8, 4) is 22.8 Å². The smallest absolute Gasteiger partial charge is 0.258 e. The second-order valence-corrected chi connectivity index (χ2v) is 7.17. The van der Waals surface area contributed by atoms with Crippen LogP contribution < -0.4 is 15.0 Å². The number of ether oxygens (including phenoxy) is 2. The summed E-state index contributed by atoms with van der Waals surface area (Å²) >= 11 is 0. The average molecular weight is 450 g/mol. The highest BCUT2D eigenvalue weighted by atomic mass is 19.1. The second kappa shape index (κ2) is 10.7. The Morgan fingerprint density at radius 1 is 0.970 bits per heavy atom. The van der Waals surface area contributed by atoms with Crippen LogP contribution in [0, 0.1) is 5.82 Å². The molecule has 7 heteroatoms. The molecule has 0 saturated carbocycles. The Bertz CT molecular complexity index is 1300. The summed E-state index contributed by atoms with van der Waals surface area (Å²) in [6.45, 7) is 5.98. The summed E-state index contributed by atoms with van der Waals surface area (Å²) in [5.74, 6) is 1.22. The largest absolute Gasteiger partial charge is 0.493 e. The van der Waals surface area contributed by atoms with E-state index in [0.717, 1.165) is 23.1 Å². The number of methoxy groups -OCH3 is 2. The predicted octanol–water partition coefficient (Wildman–Crippen LogP) is 5.32. The molecule has 0 aliphatic heterocycles. The van der Waals surface area contributed by atoms with E-state index < -0.39 is 0 Å². The van der Waals surface area contributed by atoms with Gasteiger partial charge < -0.3 is 14.5 Å². The third-order valence-electron chi connectivity index (χ3n) is 5.12. The first kappa shape index (κ1) is 23.9. The van der Waals surface area contributed by atoms with Gasteiger partial charge in [0.15, 0.2) is 11.5 Å². The van der Waals surface area contributed by atoms with Gasteiger partial charge in [-0.05, 0) is 47.9 Å². The van der Waals surface area contributed by atoms with Crippen LogP contribution in [0.15, 0.2) is 53.5 Å². The van der Waals surface area contributed by atoms with E-state index in [2.05, 4.69) is 15.0 Å². The maximum atomic E-state index is 13.8. The van der Waals surface area contributed by atoms with Gasteiger partial charge in [0, 0.05) is 24.2 Å². The van der Waals surface area contributed by atoms with Crippen molar-refractivity contribution in [1.29, 1.82) is 0 Å². The van der Waals surface area contributed by atoms with Gasteiger partial charge >= 0.3 is 0 Å². The molecule has 0 fully saturated rings. The quantitative estimate of drug-likeness (QED) is 0.431. The van der Waals surface area contributed by atoms with Gasteiger partial charge in [0.05, 0.1) is 30.8 Å². The second-order valence-electron chi connectivity index (χ2n) is 7.17. The number of hydrogen-bond donors (Lipinski definition) is 1. The first-order chi connectivity index (χ1) is 16.0. The summed E-state index contributed by atoms with van der Waals surface area (Å²) < 4.78 is 24.4. The highest BCUT2D eigenvalue weighted by Crippen LogP contribution is 2.30. The van der Waals surface area contributed by atoms with Crippen LogP contribution in [0.25, 0.3) is 22.2 Å². The van der Waals surface area contributed by atoms with Crippen molar-refractivity contribution in [3.05, 3.63) is 81.8 Å². The molecule has 6 nitrogen and oxygen atoms in total. The van der Waals surface area contributed by atoms with E-state index in [0.29, 0.717) is 40.3 Å². The fourth-order valence-electron chi connectivity index (χ4n) is 3.49. The van der Waals surface area contributed by atoms with Crippen LogP contribution in [0.1, 0.15) is 37.7 Å². The van der Waals surface area contributed by atoms with Crippen molar-refractivity contribution in [2.75, 3.05) is 14.2 Å². The van der Waals surface area contributed by atoms with Crippen LogP contribution in [-0.4, -0.2) is 29.2 Å². The molecule has 1 N–H and O–H groups in total. The Hall–Kier alpha value is -3.74. The maximum Gasteiger partial charge on any atom is 0.258 e. The van der Waals surface area contributed by atoms with Crippen molar-refractivity contribution >= 4 is 10.9 Å². The molecular formula is C26H28FN3O3. The van der Waals surface area contributed by atoms with Gasteiger partial charge in [-0.3, -0.25) is 9.78 Å². The van der Waals surface area contributed by atoms with Gasteiger partial charge in [0.2, 0.25) is 0 Å². The molecule has 2 aromatic carbocycles. The van der Waals surface area contributed by atoms with Gasteiger partial charge in [-0.2, -0.15) is 0 Å². The van der Waals surface area contributed by atoms with Crippen molar-refractivity contribution < 1.29 is 13.9 Å². The Morgan fingerprint density at radius 3 is 2.33 bits per heavy atom. The minimum absolute atomic E-state index is 0.252. The zero-order chi connectivity index (χ0) is 24.0. The molecule has 0 atom stereocenters. The van der Waals surface area contributed by atoms with E-state index in [4.69, 9.17) is 9.47 Å².